The maximum absolute atomic E-state index is 12.4. The van der Waals surface area contributed by atoms with Gasteiger partial charge in [0.05, 0.1) is 6.21 Å². The highest BCUT2D eigenvalue weighted by molar-refractivity contribution is 5.95. The molecule has 0 bridgehead atoms. The lowest BCUT2D eigenvalue weighted by Crippen LogP contribution is -2.52. The van der Waals surface area contributed by atoms with Gasteiger partial charge in [-0.1, -0.05) is 35.5 Å². The molecule has 1 saturated heterocycles. The van der Waals surface area contributed by atoms with Crippen LogP contribution in [0.5, 0.6) is 0 Å². The van der Waals surface area contributed by atoms with Crippen molar-refractivity contribution in [3.8, 4) is 0 Å². The Morgan fingerprint density at radius 3 is 2.43 bits per heavy atom. The van der Waals surface area contributed by atoms with Gasteiger partial charge in [0.2, 0.25) is 0 Å². The van der Waals surface area contributed by atoms with E-state index in [1.165, 1.54) is 12.8 Å². The predicted molar refractivity (Wildman–Crippen MR) is 113 cm³/mol. The highest BCUT2D eigenvalue weighted by Crippen LogP contribution is 2.16. The lowest BCUT2D eigenvalue weighted by molar-refractivity contribution is 0.0934. The van der Waals surface area contributed by atoms with Crippen molar-refractivity contribution in [3.63, 3.8) is 0 Å². The Morgan fingerprint density at radius 1 is 1.11 bits per heavy atom. The fourth-order valence-electron chi connectivity index (χ4n) is 3.37. The van der Waals surface area contributed by atoms with Crippen LogP contribution in [-0.2, 0) is 4.84 Å². The van der Waals surface area contributed by atoms with Gasteiger partial charge >= 0.3 is 0 Å². The second-order valence-electron chi connectivity index (χ2n) is 6.96. The van der Waals surface area contributed by atoms with E-state index in [9.17, 15) is 4.79 Å². The van der Waals surface area contributed by atoms with Gasteiger partial charge in [0.15, 0.2) is 0 Å². The summed E-state index contributed by atoms with van der Waals surface area (Å²) < 4.78 is 0. The smallest absolute Gasteiger partial charge is 0.251 e. The average Bonchev–Trinajstić information content (AvgIpc) is 2.77. The number of oxime groups is 1. The van der Waals surface area contributed by atoms with Crippen LogP contribution in [0, 0.1) is 0 Å². The summed E-state index contributed by atoms with van der Waals surface area (Å²) in [6.45, 7) is 6.82. The maximum Gasteiger partial charge on any atom is 0.251 e. The van der Waals surface area contributed by atoms with Crippen molar-refractivity contribution >= 4 is 17.8 Å². The van der Waals surface area contributed by atoms with Crippen LogP contribution in [0.3, 0.4) is 0 Å². The van der Waals surface area contributed by atoms with Crippen molar-refractivity contribution in [1.29, 1.82) is 0 Å². The number of rotatable bonds is 7. The molecular weight excluding hydrogens is 352 g/mol. The normalized spacial score (nSPS) is 16.1. The molecule has 0 spiro atoms. The molecule has 6 nitrogen and oxygen atoms in total. The molecule has 0 aliphatic carbocycles. The Labute approximate surface area is 166 Å². The van der Waals surface area contributed by atoms with E-state index in [2.05, 4.69) is 56.3 Å². The number of nitrogens with zero attached hydrogens (tertiary/aromatic N) is 3. The highest BCUT2D eigenvalue weighted by Gasteiger charge is 2.21. The summed E-state index contributed by atoms with van der Waals surface area (Å²) in [6.07, 6.45) is 1.61. The Kier molecular flexibility index (Phi) is 7.03. The summed E-state index contributed by atoms with van der Waals surface area (Å²) in [4.78, 5) is 21.9. The Hall–Kier alpha value is -2.86. The largest absolute Gasteiger partial charge is 0.399 e. The third-order valence-corrected chi connectivity index (χ3v) is 5.10. The van der Waals surface area contributed by atoms with Crippen LogP contribution < -0.4 is 10.2 Å². The Bertz CT molecular complexity index is 769. The minimum atomic E-state index is -0.0509. The number of hydrogen-bond acceptors (Lipinski definition) is 5. The second kappa shape index (κ2) is 9.90. The molecule has 148 valence electrons. The van der Waals surface area contributed by atoms with Crippen molar-refractivity contribution in [3.05, 3.63) is 65.7 Å². The Morgan fingerprint density at radius 2 is 1.79 bits per heavy atom. The van der Waals surface area contributed by atoms with E-state index in [0.29, 0.717) is 18.2 Å². The van der Waals surface area contributed by atoms with E-state index in [-0.39, 0.29) is 5.91 Å². The fourth-order valence-corrected chi connectivity index (χ4v) is 3.37. The van der Waals surface area contributed by atoms with Gasteiger partial charge in [0.1, 0.15) is 7.11 Å². The first-order valence-corrected chi connectivity index (χ1v) is 9.66. The lowest BCUT2D eigenvalue weighted by atomic mass is 10.1. The van der Waals surface area contributed by atoms with Crippen molar-refractivity contribution in [2.24, 2.45) is 5.16 Å². The molecule has 3 rings (SSSR count). The summed E-state index contributed by atoms with van der Waals surface area (Å²) in [5, 5.41) is 6.77. The Balaban J connectivity index is 1.44. The van der Waals surface area contributed by atoms with Crippen molar-refractivity contribution in [2.45, 2.75) is 13.0 Å². The minimum absolute atomic E-state index is 0.0509. The number of para-hydroxylation sites is 1. The molecule has 0 aromatic heterocycles. The van der Waals surface area contributed by atoms with Gasteiger partial charge in [-0.3, -0.25) is 9.69 Å². The summed E-state index contributed by atoms with van der Waals surface area (Å²) in [7, 11) is 1.50. The van der Waals surface area contributed by atoms with Crippen molar-refractivity contribution in [1.82, 2.24) is 10.2 Å². The number of nitrogens with one attached hydrogen (secondary N) is 1. The van der Waals surface area contributed by atoms with E-state index >= 15 is 0 Å². The first-order chi connectivity index (χ1) is 13.7. The summed E-state index contributed by atoms with van der Waals surface area (Å²) in [5.74, 6) is -0.0509. The van der Waals surface area contributed by atoms with Crippen LogP contribution in [0.25, 0.3) is 0 Å². The molecule has 1 N–H and O–H groups in total. The molecule has 1 aliphatic rings. The van der Waals surface area contributed by atoms with Gasteiger partial charge in [-0.05, 0) is 36.8 Å². The van der Waals surface area contributed by atoms with Crippen LogP contribution in [-0.4, -0.2) is 62.9 Å². The fraction of sp³-hybridized carbons (Fsp3) is 0.364. The zero-order valence-corrected chi connectivity index (χ0v) is 16.5. The molecule has 0 saturated carbocycles. The van der Waals surface area contributed by atoms with Gasteiger partial charge in [-0.25, -0.2) is 0 Å². The van der Waals surface area contributed by atoms with Gasteiger partial charge in [-0.15, -0.1) is 0 Å². The van der Waals surface area contributed by atoms with Crippen LogP contribution in [0.1, 0.15) is 22.8 Å². The SMILES string of the molecule is CO/N=C/c1ccc(C(=O)NCC(C)N2CCN(c3ccccc3)CC2)cc1. The molecule has 1 amide bonds. The quantitative estimate of drug-likeness (QED) is 0.593. The molecule has 1 fully saturated rings. The highest BCUT2D eigenvalue weighted by atomic mass is 16.6. The first kappa shape index (κ1) is 19.9. The molecule has 1 aliphatic heterocycles. The van der Waals surface area contributed by atoms with Crippen LogP contribution in [0.2, 0.25) is 0 Å². The minimum Gasteiger partial charge on any atom is -0.399 e. The number of benzene rings is 2. The van der Waals surface area contributed by atoms with Crippen LogP contribution in [0.15, 0.2) is 59.8 Å². The van der Waals surface area contributed by atoms with Gasteiger partial charge in [0.25, 0.3) is 5.91 Å². The van der Waals surface area contributed by atoms with E-state index in [1.807, 2.05) is 18.2 Å². The average molecular weight is 380 g/mol. The molecule has 28 heavy (non-hydrogen) atoms. The van der Waals surface area contributed by atoms with Crippen molar-refractivity contribution < 1.29 is 9.63 Å². The zero-order valence-electron chi connectivity index (χ0n) is 16.5. The molecule has 0 radical (unpaired) electrons. The van der Waals surface area contributed by atoms with Crippen LogP contribution in [0.4, 0.5) is 5.69 Å². The molecule has 6 heteroatoms. The topological polar surface area (TPSA) is 57.2 Å². The summed E-state index contributed by atoms with van der Waals surface area (Å²) >= 11 is 0. The van der Waals surface area contributed by atoms with E-state index in [1.54, 1.807) is 18.3 Å². The second-order valence-corrected chi connectivity index (χ2v) is 6.96. The van der Waals surface area contributed by atoms with E-state index < -0.39 is 0 Å². The van der Waals surface area contributed by atoms with Gasteiger partial charge < -0.3 is 15.1 Å². The molecule has 1 unspecified atom stereocenters. The number of carbonyl (C=O) groups is 1. The maximum atomic E-state index is 12.4. The van der Waals surface area contributed by atoms with Gasteiger partial charge in [0, 0.05) is 50.0 Å². The van der Waals surface area contributed by atoms with Crippen LogP contribution >= 0.6 is 0 Å². The molecule has 2 aromatic rings. The third-order valence-electron chi connectivity index (χ3n) is 5.10. The number of anilines is 1. The number of piperazine rings is 1. The number of amides is 1. The standard InChI is InChI=1S/C22H28N4O2/c1-18(25-12-14-26(15-13-25)21-6-4-3-5-7-21)16-23-22(27)20-10-8-19(9-11-20)17-24-28-2/h3-11,17-18H,12-16H2,1-2H3,(H,23,27)/b24-17+. The monoisotopic (exact) mass is 380 g/mol. The van der Waals surface area contributed by atoms with E-state index in [0.717, 1.165) is 31.7 Å². The molecule has 1 atom stereocenters. The lowest BCUT2D eigenvalue weighted by Gasteiger charge is -2.39. The summed E-state index contributed by atoms with van der Waals surface area (Å²) in [6, 6.07) is 18.1. The number of carbonyl (C=O) groups excluding carboxylic acids is 1. The molecule has 1 heterocycles. The van der Waals surface area contributed by atoms with Gasteiger partial charge in [-0.2, -0.15) is 0 Å². The molecular formula is C22H28N4O2. The molecule has 2 aromatic carbocycles. The van der Waals surface area contributed by atoms with E-state index in [4.69, 9.17) is 0 Å². The van der Waals surface area contributed by atoms with Crippen molar-refractivity contribution in [2.75, 3.05) is 44.7 Å². The predicted octanol–water partition coefficient (Wildman–Crippen LogP) is 2.61. The zero-order chi connectivity index (χ0) is 19.8. The third kappa shape index (κ3) is 5.33. The number of hydrogen-bond donors (Lipinski definition) is 1. The first-order valence-electron chi connectivity index (χ1n) is 9.66. The summed E-state index contributed by atoms with van der Waals surface area (Å²) in [5.41, 5.74) is 2.82.